The maximum Gasteiger partial charge on any atom is 0.231 e. The van der Waals surface area contributed by atoms with Gasteiger partial charge in [-0.05, 0) is 40.2 Å². The maximum absolute atomic E-state index is 9.98. The highest BCUT2D eigenvalue weighted by Gasteiger charge is 2.16. The summed E-state index contributed by atoms with van der Waals surface area (Å²) in [5.41, 5.74) is 1.69. The molecule has 0 aliphatic carbocycles. The van der Waals surface area contributed by atoms with Crippen LogP contribution in [0.2, 0.25) is 0 Å². The van der Waals surface area contributed by atoms with Gasteiger partial charge in [0.15, 0.2) is 11.5 Å². The zero-order valence-electron chi connectivity index (χ0n) is 10.3. The Hall–Kier alpha value is -1.40. The van der Waals surface area contributed by atoms with E-state index in [0.717, 1.165) is 20.2 Å². The molecule has 2 aromatic carbocycles. The molecule has 0 atom stereocenters. The molecule has 1 aliphatic rings. The third-order valence-corrected chi connectivity index (χ3v) is 4.16. The van der Waals surface area contributed by atoms with E-state index >= 15 is 0 Å². The first-order valence-corrected chi connectivity index (χ1v) is 7.52. The monoisotopic (exact) mass is 399 g/mol. The maximum atomic E-state index is 9.98. The Kier molecular flexibility index (Phi) is 3.76. The zero-order chi connectivity index (χ0) is 14.1. The fraction of sp³-hybridized carbons (Fsp3) is 0.143. The van der Waals surface area contributed by atoms with Gasteiger partial charge >= 0.3 is 0 Å². The molecule has 0 saturated carbocycles. The SMILES string of the molecule is Oc1cc2c(cc1CNc1cc(Br)ccc1Br)OCO2. The van der Waals surface area contributed by atoms with Gasteiger partial charge in [-0.25, -0.2) is 0 Å². The number of rotatable bonds is 3. The molecule has 1 heterocycles. The molecule has 0 bridgehead atoms. The standard InChI is InChI=1S/C14H11Br2NO3/c15-9-1-2-10(16)11(4-9)17-6-8-3-13-14(5-12(8)18)20-7-19-13/h1-5,17-18H,6-7H2. The molecule has 20 heavy (non-hydrogen) atoms. The van der Waals surface area contributed by atoms with Crippen molar-refractivity contribution < 1.29 is 14.6 Å². The van der Waals surface area contributed by atoms with Crippen molar-refractivity contribution >= 4 is 37.5 Å². The van der Waals surface area contributed by atoms with E-state index in [-0.39, 0.29) is 12.5 Å². The molecule has 0 amide bonds. The Balaban J connectivity index is 1.80. The minimum absolute atomic E-state index is 0.188. The molecule has 0 spiro atoms. The lowest BCUT2D eigenvalue weighted by atomic mass is 10.1. The van der Waals surface area contributed by atoms with Crippen LogP contribution in [0.1, 0.15) is 5.56 Å². The van der Waals surface area contributed by atoms with Crippen molar-refractivity contribution in [1.82, 2.24) is 0 Å². The van der Waals surface area contributed by atoms with E-state index in [1.807, 2.05) is 18.2 Å². The molecule has 1 aliphatic heterocycles. The van der Waals surface area contributed by atoms with Crippen LogP contribution in [-0.2, 0) is 6.54 Å². The summed E-state index contributed by atoms with van der Waals surface area (Å²) in [5, 5.41) is 13.2. The van der Waals surface area contributed by atoms with E-state index < -0.39 is 0 Å². The van der Waals surface area contributed by atoms with Crippen LogP contribution in [0.25, 0.3) is 0 Å². The number of hydrogen-bond donors (Lipinski definition) is 2. The van der Waals surface area contributed by atoms with Crippen LogP contribution in [-0.4, -0.2) is 11.9 Å². The Labute approximate surface area is 133 Å². The van der Waals surface area contributed by atoms with Crippen LogP contribution in [0.15, 0.2) is 39.3 Å². The summed E-state index contributed by atoms with van der Waals surface area (Å²) in [5.74, 6) is 1.43. The molecule has 2 aromatic rings. The Morgan fingerprint density at radius 2 is 1.85 bits per heavy atom. The highest BCUT2D eigenvalue weighted by atomic mass is 79.9. The van der Waals surface area contributed by atoms with E-state index in [1.165, 1.54) is 0 Å². The van der Waals surface area contributed by atoms with Gasteiger partial charge in [0.1, 0.15) is 5.75 Å². The molecule has 0 fully saturated rings. The summed E-state index contributed by atoms with van der Waals surface area (Å²) < 4.78 is 12.5. The Morgan fingerprint density at radius 3 is 2.65 bits per heavy atom. The van der Waals surface area contributed by atoms with Crippen molar-refractivity contribution in [2.45, 2.75) is 6.54 Å². The van der Waals surface area contributed by atoms with Gasteiger partial charge < -0.3 is 19.9 Å². The molecule has 2 N–H and O–H groups in total. The molecular weight excluding hydrogens is 390 g/mol. The number of benzene rings is 2. The van der Waals surface area contributed by atoms with E-state index in [0.29, 0.717) is 18.0 Å². The number of phenols is 1. The normalized spacial score (nSPS) is 12.5. The van der Waals surface area contributed by atoms with Crippen molar-refractivity contribution in [3.63, 3.8) is 0 Å². The lowest BCUT2D eigenvalue weighted by Gasteiger charge is -2.11. The van der Waals surface area contributed by atoms with Crippen molar-refractivity contribution in [3.05, 3.63) is 44.8 Å². The van der Waals surface area contributed by atoms with E-state index in [9.17, 15) is 5.11 Å². The number of anilines is 1. The van der Waals surface area contributed by atoms with Crippen molar-refractivity contribution in [2.75, 3.05) is 12.1 Å². The number of phenolic OH excluding ortho intramolecular Hbond substituents is 1. The molecule has 0 radical (unpaired) electrons. The van der Waals surface area contributed by atoms with Gasteiger partial charge in [0.05, 0.1) is 0 Å². The lowest BCUT2D eigenvalue weighted by Crippen LogP contribution is -2.00. The quantitative estimate of drug-likeness (QED) is 0.808. The van der Waals surface area contributed by atoms with Gasteiger partial charge in [0.25, 0.3) is 0 Å². The fourth-order valence-electron chi connectivity index (χ4n) is 1.94. The molecular formula is C14H11Br2NO3. The average Bonchev–Trinajstić information content (AvgIpc) is 2.86. The van der Waals surface area contributed by atoms with Crippen LogP contribution in [0.4, 0.5) is 5.69 Å². The zero-order valence-corrected chi connectivity index (χ0v) is 13.5. The molecule has 0 saturated heterocycles. The second-order valence-corrected chi connectivity index (χ2v) is 6.08. The van der Waals surface area contributed by atoms with Crippen molar-refractivity contribution in [2.24, 2.45) is 0 Å². The van der Waals surface area contributed by atoms with Crippen LogP contribution in [0, 0.1) is 0 Å². The van der Waals surface area contributed by atoms with Crippen LogP contribution in [0.3, 0.4) is 0 Å². The largest absolute Gasteiger partial charge is 0.507 e. The second-order valence-electron chi connectivity index (χ2n) is 4.31. The predicted molar refractivity (Wildman–Crippen MR) is 83.4 cm³/mol. The number of nitrogens with one attached hydrogen (secondary N) is 1. The molecule has 3 rings (SSSR count). The van der Waals surface area contributed by atoms with E-state index in [1.54, 1.807) is 12.1 Å². The van der Waals surface area contributed by atoms with Gasteiger partial charge in [0, 0.05) is 32.8 Å². The highest BCUT2D eigenvalue weighted by Crippen LogP contribution is 2.38. The van der Waals surface area contributed by atoms with Gasteiger partial charge in [-0.2, -0.15) is 0 Å². The average molecular weight is 401 g/mol. The first kappa shape index (κ1) is 13.6. The summed E-state index contributed by atoms with van der Waals surface area (Å²) in [6.07, 6.45) is 0. The summed E-state index contributed by atoms with van der Waals surface area (Å²) in [4.78, 5) is 0. The predicted octanol–water partition coefficient (Wildman–Crippen LogP) is 4.26. The van der Waals surface area contributed by atoms with Crippen molar-refractivity contribution in [1.29, 1.82) is 0 Å². The summed E-state index contributed by atoms with van der Waals surface area (Å²) in [6, 6.07) is 9.24. The summed E-state index contributed by atoms with van der Waals surface area (Å²) in [6.45, 7) is 0.681. The first-order valence-electron chi connectivity index (χ1n) is 5.94. The van der Waals surface area contributed by atoms with Gasteiger partial charge in [-0.15, -0.1) is 0 Å². The minimum Gasteiger partial charge on any atom is -0.507 e. The topological polar surface area (TPSA) is 50.7 Å². The third kappa shape index (κ3) is 2.71. The summed E-state index contributed by atoms with van der Waals surface area (Å²) >= 11 is 6.91. The van der Waals surface area contributed by atoms with Crippen LogP contribution in [0.5, 0.6) is 17.2 Å². The molecule has 4 nitrogen and oxygen atoms in total. The number of ether oxygens (including phenoxy) is 2. The number of fused-ring (bicyclic) bond motifs is 1. The second kappa shape index (κ2) is 5.54. The molecule has 104 valence electrons. The van der Waals surface area contributed by atoms with Gasteiger partial charge in [-0.3, -0.25) is 0 Å². The number of hydrogen-bond acceptors (Lipinski definition) is 4. The number of aromatic hydroxyl groups is 1. The van der Waals surface area contributed by atoms with E-state index in [4.69, 9.17) is 9.47 Å². The van der Waals surface area contributed by atoms with Gasteiger partial charge in [0.2, 0.25) is 6.79 Å². The fourth-order valence-corrected chi connectivity index (χ4v) is 2.69. The van der Waals surface area contributed by atoms with Crippen LogP contribution >= 0.6 is 31.9 Å². The van der Waals surface area contributed by atoms with E-state index in [2.05, 4.69) is 37.2 Å². The number of halogens is 2. The van der Waals surface area contributed by atoms with Crippen LogP contribution < -0.4 is 14.8 Å². The molecule has 0 aromatic heterocycles. The molecule has 6 heteroatoms. The lowest BCUT2D eigenvalue weighted by molar-refractivity contribution is 0.174. The van der Waals surface area contributed by atoms with Crippen molar-refractivity contribution in [3.8, 4) is 17.2 Å². The molecule has 0 unspecified atom stereocenters. The Morgan fingerprint density at radius 1 is 1.10 bits per heavy atom. The smallest absolute Gasteiger partial charge is 0.231 e. The van der Waals surface area contributed by atoms with Gasteiger partial charge in [-0.1, -0.05) is 15.9 Å². The summed E-state index contributed by atoms with van der Waals surface area (Å²) in [7, 11) is 0. The minimum atomic E-state index is 0.188. The third-order valence-electron chi connectivity index (χ3n) is 2.97. The first-order chi connectivity index (χ1) is 9.63. The highest BCUT2D eigenvalue weighted by molar-refractivity contribution is 9.11. The Bertz CT molecular complexity index is 661.